The molecule has 1 aliphatic carbocycles. The third kappa shape index (κ3) is 2.72. The molecule has 2 heterocycles. The number of rotatable bonds is 3. The highest BCUT2D eigenvalue weighted by Gasteiger charge is 2.58. The van der Waals surface area contributed by atoms with Crippen LogP contribution >= 0.6 is 0 Å². The zero-order chi connectivity index (χ0) is 21.8. The number of nitrogens with zero attached hydrogens (tertiary/aromatic N) is 1. The minimum atomic E-state index is 0.00833. The summed E-state index contributed by atoms with van der Waals surface area (Å²) in [6.07, 6.45) is 10.9. The lowest BCUT2D eigenvalue weighted by molar-refractivity contribution is -0.779. The Balaban J connectivity index is 1.96. The first-order chi connectivity index (χ1) is 14.9. The Hall–Kier alpha value is -2.67. The van der Waals surface area contributed by atoms with Crippen molar-refractivity contribution in [1.82, 2.24) is 0 Å². The molecule has 0 saturated heterocycles. The molecule has 2 aromatic carbocycles. The summed E-state index contributed by atoms with van der Waals surface area (Å²) in [6.45, 7) is 12.1. The van der Waals surface area contributed by atoms with E-state index >= 15 is 0 Å². The molecule has 3 unspecified atom stereocenters. The number of benzene rings is 2. The van der Waals surface area contributed by atoms with Crippen LogP contribution in [-0.4, -0.2) is 0 Å². The highest BCUT2D eigenvalue weighted by atomic mass is 15.1. The van der Waals surface area contributed by atoms with E-state index in [1.54, 1.807) is 5.57 Å². The van der Waals surface area contributed by atoms with Gasteiger partial charge in [0.1, 0.15) is 0 Å². The maximum Gasteiger partial charge on any atom is 0.220 e. The lowest BCUT2D eigenvalue weighted by Gasteiger charge is -2.48. The van der Waals surface area contributed by atoms with Gasteiger partial charge in [-0.2, -0.15) is 4.57 Å². The lowest BCUT2D eigenvalue weighted by atomic mass is 9.58. The number of hydrogen-bond acceptors (Lipinski definition) is 0. The van der Waals surface area contributed by atoms with Gasteiger partial charge >= 0.3 is 0 Å². The van der Waals surface area contributed by atoms with Crippen LogP contribution in [0.2, 0.25) is 0 Å². The van der Waals surface area contributed by atoms with Crippen LogP contribution in [0, 0.1) is 11.3 Å². The molecule has 1 aliphatic heterocycles. The number of hydrogen-bond donors (Lipinski definition) is 0. The molecule has 0 bridgehead atoms. The summed E-state index contributed by atoms with van der Waals surface area (Å²) in [5.74, 6) is 0.576. The minimum absolute atomic E-state index is 0.00833. The summed E-state index contributed by atoms with van der Waals surface area (Å²) >= 11 is 0. The van der Waals surface area contributed by atoms with Crippen LogP contribution in [0.3, 0.4) is 0 Å². The summed E-state index contributed by atoms with van der Waals surface area (Å²) in [5.41, 5.74) is 7.16. The van der Waals surface area contributed by atoms with Crippen LogP contribution in [0.4, 0.5) is 0 Å². The summed E-state index contributed by atoms with van der Waals surface area (Å²) < 4.78 is 2.66. The normalized spacial score (nSPS) is 27.3. The average Bonchev–Trinajstić information content (AvgIpc) is 2.81. The Morgan fingerprint density at radius 1 is 0.903 bits per heavy atom. The minimum Gasteiger partial charge on any atom is -0.191 e. The zero-order valence-corrected chi connectivity index (χ0v) is 19.6. The monoisotopic (exact) mass is 408 g/mol. The van der Waals surface area contributed by atoms with Gasteiger partial charge in [-0.3, -0.25) is 0 Å². The summed E-state index contributed by atoms with van der Waals surface area (Å²) in [7, 11) is 0. The molecule has 158 valence electrons. The summed E-state index contributed by atoms with van der Waals surface area (Å²) in [6, 6.07) is 19.9. The molecule has 3 atom stereocenters. The van der Waals surface area contributed by atoms with Gasteiger partial charge < -0.3 is 0 Å². The molecule has 1 heteroatoms. The Morgan fingerprint density at radius 2 is 1.58 bits per heavy atom. The zero-order valence-electron chi connectivity index (χ0n) is 19.6. The Bertz CT molecular complexity index is 1220. The standard InChI is InChI=1S/C30H34N/c1-6-29(4)27-18-17-21(3)19-25(27)28-24-16-12-11-15-23(24)26(22-13-9-8-10-14-22)20-31(28)30(29,5)7-2/h8-16,18-21H,6-7,17H2,1-5H3/q+1. The van der Waals surface area contributed by atoms with E-state index in [-0.39, 0.29) is 11.0 Å². The third-order valence-corrected chi connectivity index (χ3v) is 8.46. The quantitative estimate of drug-likeness (QED) is 0.391. The van der Waals surface area contributed by atoms with Crippen LogP contribution < -0.4 is 4.57 Å². The van der Waals surface area contributed by atoms with Crippen molar-refractivity contribution < 1.29 is 4.57 Å². The second-order valence-corrected chi connectivity index (χ2v) is 9.90. The van der Waals surface area contributed by atoms with Gasteiger partial charge in [0.25, 0.3) is 0 Å². The van der Waals surface area contributed by atoms with Gasteiger partial charge in [-0.1, -0.05) is 81.5 Å². The topological polar surface area (TPSA) is 3.88 Å². The van der Waals surface area contributed by atoms with Crippen LogP contribution in [0.5, 0.6) is 0 Å². The van der Waals surface area contributed by atoms with Gasteiger partial charge in [-0.15, -0.1) is 0 Å². The number of pyridine rings is 1. The fourth-order valence-corrected chi connectivity index (χ4v) is 6.10. The number of fused-ring (bicyclic) bond motifs is 5. The number of allylic oxidation sites excluding steroid dienone is 4. The molecule has 3 aromatic rings. The fourth-order valence-electron chi connectivity index (χ4n) is 6.10. The van der Waals surface area contributed by atoms with Crippen molar-refractivity contribution in [3.05, 3.63) is 84.2 Å². The lowest BCUT2D eigenvalue weighted by Crippen LogP contribution is -2.67. The van der Waals surface area contributed by atoms with E-state index in [1.165, 1.54) is 33.2 Å². The van der Waals surface area contributed by atoms with Crippen LogP contribution in [-0.2, 0) is 5.54 Å². The van der Waals surface area contributed by atoms with Gasteiger partial charge in [0, 0.05) is 24.3 Å². The van der Waals surface area contributed by atoms with Gasteiger partial charge in [-0.25, -0.2) is 0 Å². The smallest absolute Gasteiger partial charge is 0.191 e. The van der Waals surface area contributed by atoms with E-state index < -0.39 is 0 Å². The average molecular weight is 409 g/mol. The van der Waals surface area contributed by atoms with Gasteiger partial charge in [0.05, 0.1) is 16.4 Å². The highest BCUT2D eigenvalue weighted by molar-refractivity contribution is 6.02. The summed E-state index contributed by atoms with van der Waals surface area (Å²) in [4.78, 5) is 0. The molecule has 1 aromatic heterocycles. The Morgan fingerprint density at radius 3 is 2.26 bits per heavy atom. The van der Waals surface area contributed by atoms with E-state index in [0.717, 1.165) is 19.3 Å². The second kappa shape index (κ2) is 7.19. The maximum absolute atomic E-state index is 2.66. The number of aromatic nitrogens is 1. The van der Waals surface area contributed by atoms with E-state index in [2.05, 4.69) is 112 Å². The third-order valence-electron chi connectivity index (χ3n) is 8.46. The van der Waals surface area contributed by atoms with Gasteiger partial charge in [0.2, 0.25) is 5.69 Å². The van der Waals surface area contributed by atoms with E-state index in [1.807, 2.05) is 0 Å². The molecular weight excluding hydrogens is 374 g/mol. The molecule has 31 heavy (non-hydrogen) atoms. The molecule has 1 nitrogen and oxygen atoms in total. The predicted octanol–water partition coefficient (Wildman–Crippen LogP) is 7.70. The van der Waals surface area contributed by atoms with Crippen molar-refractivity contribution >= 4 is 16.3 Å². The first kappa shape index (κ1) is 20.2. The molecule has 0 saturated carbocycles. The molecule has 0 N–H and O–H groups in total. The van der Waals surface area contributed by atoms with E-state index in [4.69, 9.17) is 0 Å². The molecule has 2 aliphatic rings. The van der Waals surface area contributed by atoms with Crippen molar-refractivity contribution in [3.8, 4) is 11.1 Å². The highest BCUT2D eigenvalue weighted by Crippen LogP contribution is 2.56. The molecule has 0 spiro atoms. The first-order valence-electron chi connectivity index (χ1n) is 11.9. The van der Waals surface area contributed by atoms with Crippen molar-refractivity contribution in [3.63, 3.8) is 0 Å². The van der Waals surface area contributed by atoms with Crippen LogP contribution in [0.25, 0.3) is 27.5 Å². The SMILES string of the molecule is CCC1(C)C2=CCC(C)C=C2c2c3ccccc3c(-c3ccccc3)c[n+]2C1(C)CC. The second-order valence-electron chi connectivity index (χ2n) is 9.90. The van der Waals surface area contributed by atoms with E-state index in [9.17, 15) is 0 Å². The van der Waals surface area contributed by atoms with Crippen molar-refractivity contribution in [2.45, 2.75) is 59.4 Å². The van der Waals surface area contributed by atoms with Crippen molar-refractivity contribution in [2.75, 3.05) is 0 Å². The Kier molecular flexibility index (Phi) is 4.70. The maximum atomic E-state index is 2.66. The largest absolute Gasteiger partial charge is 0.220 e. The van der Waals surface area contributed by atoms with Gasteiger partial charge in [-0.05, 0) is 42.9 Å². The fraction of sp³-hybridized carbons (Fsp3) is 0.367. The molecule has 0 radical (unpaired) electrons. The van der Waals surface area contributed by atoms with Crippen LogP contribution in [0.15, 0.2) is 78.5 Å². The predicted molar refractivity (Wildman–Crippen MR) is 132 cm³/mol. The van der Waals surface area contributed by atoms with Crippen LogP contribution in [0.1, 0.15) is 59.6 Å². The molecule has 0 fully saturated rings. The molecular formula is C30H34N+. The van der Waals surface area contributed by atoms with Crippen molar-refractivity contribution in [1.29, 1.82) is 0 Å². The molecule has 0 amide bonds. The van der Waals surface area contributed by atoms with Gasteiger partial charge in [0.15, 0.2) is 11.7 Å². The Labute approximate surface area is 187 Å². The summed E-state index contributed by atoms with van der Waals surface area (Å²) in [5, 5.41) is 2.71. The first-order valence-corrected chi connectivity index (χ1v) is 11.9. The molecule has 5 rings (SSSR count). The van der Waals surface area contributed by atoms with Crippen molar-refractivity contribution in [2.24, 2.45) is 11.3 Å². The van der Waals surface area contributed by atoms with E-state index in [0.29, 0.717) is 5.92 Å².